The van der Waals surface area contributed by atoms with Crippen LogP contribution in [-0.2, 0) is 26.0 Å². The Labute approximate surface area is 172 Å². The highest BCUT2D eigenvalue weighted by Crippen LogP contribution is 2.38. The van der Waals surface area contributed by atoms with Crippen molar-refractivity contribution in [2.45, 2.75) is 58.5 Å². The van der Waals surface area contributed by atoms with E-state index in [1.165, 1.54) is 4.90 Å². The summed E-state index contributed by atoms with van der Waals surface area (Å²) in [6.07, 6.45) is 4.30. The van der Waals surface area contributed by atoms with Gasteiger partial charge in [-0.15, -0.1) is 0 Å². The van der Waals surface area contributed by atoms with Crippen LogP contribution >= 0.6 is 0 Å². The highest BCUT2D eigenvalue weighted by atomic mass is 32.2. The maximum Gasteiger partial charge on any atom is 0.234 e. The van der Waals surface area contributed by atoms with Gasteiger partial charge in [-0.3, -0.25) is 24.1 Å². The first-order valence-corrected chi connectivity index (χ1v) is 12.3. The molecular formula is C20H30N4O4S. The Kier molecular flexibility index (Phi) is 5.31. The lowest BCUT2D eigenvalue weighted by Gasteiger charge is -2.23. The largest absolute Gasteiger partial charge is 0.284 e. The maximum absolute atomic E-state index is 12.7. The molecule has 1 saturated carbocycles. The summed E-state index contributed by atoms with van der Waals surface area (Å²) in [4.78, 5) is 28.8. The van der Waals surface area contributed by atoms with Crippen LogP contribution < -0.4 is 0 Å². The van der Waals surface area contributed by atoms with E-state index in [0.717, 1.165) is 42.6 Å². The van der Waals surface area contributed by atoms with Gasteiger partial charge in [0, 0.05) is 17.8 Å². The van der Waals surface area contributed by atoms with Crippen LogP contribution in [0, 0.1) is 25.7 Å². The molecule has 0 radical (unpaired) electrons. The third-order valence-electron chi connectivity index (χ3n) is 6.77. The number of rotatable bonds is 5. The number of carbonyl (C=O) groups is 2. The highest BCUT2D eigenvalue weighted by Gasteiger charge is 2.48. The van der Waals surface area contributed by atoms with E-state index in [0.29, 0.717) is 13.0 Å². The second-order valence-corrected chi connectivity index (χ2v) is 11.1. The zero-order valence-corrected chi connectivity index (χ0v) is 18.2. The molecule has 3 aliphatic rings. The first kappa shape index (κ1) is 20.5. The number of nitrogens with zero attached hydrogens (tertiary/aromatic N) is 4. The Hall–Kier alpha value is -1.74. The van der Waals surface area contributed by atoms with E-state index in [1.807, 2.05) is 30.5 Å². The molecule has 2 aliphatic heterocycles. The molecule has 0 unspecified atom stereocenters. The van der Waals surface area contributed by atoms with Gasteiger partial charge in [-0.05, 0) is 40.2 Å². The molecule has 4 rings (SSSR count). The average molecular weight is 423 g/mol. The maximum atomic E-state index is 12.7. The second kappa shape index (κ2) is 7.50. The van der Waals surface area contributed by atoms with Crippen molar-refractivity contribution in [3.05, 3.63) is 17.0 Å². The molecule has 9 heteroatoms. The van der Waals surface area contributed by atoms with E-state index in [-0.39, 0.29) is 47.9 Å². The third-order valence-corrected chi connectivity index (χ3v) is 8.52. The first-order valence-electron chi connectivity index (χ1n) is 10.5. The van der Waals surface area contributed by atoms with Gasteiger partial charge in [0.05, 0.1) is 41.7 Å². The minimum Gasteiger partial charge on any atom is -0.284 e. The van der Waals surface area contributed by atoms with Gasteiger partial charge >= 0.3 is 0 Å². The summed E-state index contributed by atoms with van der Waals surface area (Å²) in [5, 5.41) is 4.61. The highest BCUT2D eigenvalue weighted by molar-refractivity contribution is 7.91. The zero-order chi connectivity index (χ0) is 20.9. The molecule has 2 amide bonds. The summed E-state index contributed by atoms with van der Waals surface area (Å²) in [5.41, 5.74) is 2.86. The van der Waals surface area contributed by atoms with Crippen molar-refractivity contribution in [3.8, 4) is 0 Å². The minimum atomic E-state index is -2.98. The minimum absolute atomic E-state index is 0.0214. The van der Waals surface area contributed by atoms with Crippen molar-refractivity contribution >= 4 is 21.7 Å². The normalized spacial score (nSPS) is 29.1. The van der Waals surface area contributed by atoms with Gasteiger partial charge in [-0.1, -0.05) is 12.8 Å². The molecule has 1 aromatic rings. The topological polar surface area (TPSA) is 92.6 Å². The lowest BCUT2D eigenvalue weighted by atomic mass is 9.81. The molecular weight excluding hydrogens is 392 g/mol. The summed E-state index contributed by atoms with van der Waals surface area (Å²) in [6, 6.07) is -0.109. The van der Waals surface area contributed by atoms with Crippen LogP contribution in [0.5, 0.6) is 0 Å². The molecule has 3 heterocycles. The SMILES string of the molecule is Cc1nn([C@H]2CCS(=O)(=O)C2)c(C)c1CN(C)CN1C(=O)[C@H]2CCCC[C@H]2C1=O. The van der Waals surface area contributed by atoms with Crippen LogP contribution in [0.1, 0.15) is 55.1 Å². The Morgan fingerprint density at radius 1 is 1.07 bits per heavy atom. The average Bonchev–Trinajstić information content (AvgIpc) is 3.25. The summed E-state index contributed by atoms with van der Waals surface area (Å²) >= 11 is 0. The fourth-order valence-corrected chi connectivity index (χ4v) is 6.87. The Morgan fingerprint density at radius 2 is 1.69 bits per heavy atom. The number of likely N-dealkylation sites (tertiary alicyclic amines) is 1. The Balaban J connectivity index is 1.46. The van der Waals surface area contributed by atoms with Crippen molar-refractivity contribution in [1.82, 2.24) is 19.6 Å². The van der Waals surface area contributed by atoms with E-state index >= 15 is 0 Å². The van der Waals surface area contributed by atoms with E-state index in [9.17, 15) is 18.0 Å². The molecule has 0 spiro atoms. The summed E-state index contributed by atoms with van der Waals surface area (Å²) < 4.78 is 25.5. The fraction of sp³-hybridized carbons (Fsp3) is 0.750. The van der Waals surface area contributed by atoms with E-state index in [4.69, 9.17) is 0 Å². The lowest BCUT2D eigenvalue weighted by molar-refractivity contribution is -0.142. The summed E-state index contributed by atoms with van der Waals surface area (Å²) in [7, 11) is -1.08. The van der Waals surface area contributed by atoms with E-state index < -0.39 is 9.84 Å². The van der Waals surface area contributed by atoms with Crippen LogP contribution in [0.2, 0.25) is 0 Å². The van der Waals surface area contributed by atoms with Gasteiger partial charge < -0.3 is 0 Å². The first-order chi connectivity index (χ1) is 13.7. The van der Waals surface area contributed by atoms with Crippen LogP contribution in [0.3, 0.4) is 0 Å². The predicted molar refractivity (Wildman–Crippen MR) is 108 cm³/mol. The molecule has 2 saturated heterocycles. The van der Waals surface area contributed by atoms with Gasteiger partial charge in [0.2, 0.25) is 11.8 Å². The van der Waals surface area contributed by atoms with Crippen molar-refractivity contribution in [1.29, 1.82) is 0 Å². The van der Waals surface area contributed by atoms with Crippen molar-refractivity contribution in [2.75, 3.05) is 25.2 Å². The van der Waals surface area contributed by atoms with Crippen molar-refractivity contribution in [2.24, 2.45) is 11.8 Å². The lowest BCUT2D eigenvalue weighted by Crippen LogP contribution is -2.40. The molecule has 1 aromatic heterocycles. The number of aryl methyl sites for hydroxylation is 1. The van der Waals surface area contributed by atoms with Crippen LogP contribution in [0.4, 0.5) is 0 Å². The molecule has 29 heavy (non-hydrogen) atoms. The van der Waals surface area contributed by atoms with Gasteiger partial charge in [-0.2, -0.15) is 5.10 Å². The number of hydrogen-bond acceptors (Lipinski definition) is 6. The standard InChI is InChI=1S/C20H30N4O4S/c1-13-18(14(2)24(21-13)15-8-9-29(27,28)11-15)10-22(3)12-23-19(25)16-6-4-5-7-17(16)20(23)26/h15-17H,4-12H2,1-3H3/t15-,16-,17+/m0/s1. The molecule has 3 fully saturated rings. The van der Waals surface area contributed by atoms with Gasteiger partial charge in [0.1, 0.15) is 0 Å². The molecule has 0 bridgehead atoms. The van der Waals surface area contributed by atoms with E-state index in [1.54, 1.807) is 0 Å². The van der Waals surface area contributed by atoms with Crippen LogP contribution in [0.15, 0.2) is 0 Å². The number of hydrogen-bond donors (Lipinski definition) is 0. The summed E-state index contributed by atoms with van der Waals surface area (Å²) in [5.74, 6) is 0.0652. The molecule has 1 aliphatic carbocycles. The number of aromatic nitrogens is 2. The van der Waals surface area contributed by atoms with Gasteiger partial charge in [0.15, 0.2) is 9.84 Å². The fourth-order valence-electron chi connectivity index (χ4n) is 5.18. The molecule has 0 aromatic carbocycles. The molecule has 3 atom stereocenters. The van der Waals surface area contributed by atoms with E-state index in [2.05, 4.69) is 5.10 Å². The van der Waals surface area contributed by atoms with Gasteiger partial charge in [-0.25, -0.2) is 8.42 Å². The van der Waals surface area contributed by atoms with Crippen LogP contribution in [0.25, 0.3) is 0 Å². The predicted octanol–water partition coefficient (Wildman–Crippen LogP) is 1.42. The summed E-state index contributed by atoms with van der Waals surface area (Å²) in [6.45, 7) is 4.74. The second-order valence-electron chi connectivity index (χ2n) is 8.91. The Morgan fingerprint density at radius 3 is 2.24 bits per heavy atom. The third kappa shape index (κ3) is 3.74. The number of carbonyl (C=O) groups excluding carboxylic acids is 2. The number of fused-ring (bicyclic) bond motifs is 1. The Bertz CT molecular complexity index is 915. The van der Waals surface area contributed by atoms with Gasteiger partial charge in [0.25, 0.3) is 0 Å². The quantitative estimate of drug-likeness (QED) is 0.667. The molecule has 8 nitrogen and oxygen atoms in total. The molecule has 0 N–H and O–H groups in total. The zero-order valence-electron chi connectivity index (χ0n) is 17.4. The smallest absolute Gasteiger partial charge is 0.234 e. The molecule has 160 valence electrons. The van der Waals surface area contributed by atoms with Crippen molar-refractivity contribution < 1.29 is 18.0 Å². The number of imide groups is 1. The van der Waals surface area contributed by atoms with Crippen LogP contribution in [-0.4, -0.2) is 65.0 Å². The number of sulfone groups is 1. The number of amides is 2. The monoisotopic (exact) mass is 422 g/mol. The van der Waals surface area contributed by atoms with Crippen molar-refractivity contribution in [3.63, 3.8) is 0 Å².